The molecule has 0 unspecified atom stereocenters. The van der Waals surface area contributed by atoms with Crippen molar-refractivity contribution in [3.05, 3.63) is 12.2 Å². The van der Waals surface area contributed by atoms with E-state index in [1.165, 1.54) is 0 Å². The van der Waals surface area contributed by atoms with E-state index in [2.05, 4.69) is 17.5 Å². The molecule has 4 nitrogen and oxygen atoms in total. The van der Waals surface area contributed by atoms with Crippen molar-refractivity contribution in [2.75, 3.05) is 13.2 Å². The van der Waals surface area contributed by atoms with Crippen LogP contribution in [0.4, 0.5) is 0 Å². The van der Waals surface area contributed by atoms with Gasteiger partial charge in [0, 0.05) is 31.4 Å². The highest BCUT2D eigenvalue weighted by Crippen LogP contribution is 2.50. The summed E-state index contributed by atoms with van der Waals surface area (Å²) in [6.07, 6.45) is 7.59. The van der Waals surface area contributed by atoms with Gasteiger partial charge in [0.15, 0.2) is 0 Å². The van der Waals surface area contributed by atoms with Gasteiger partial charge in [-0.15, -0.1) is 0 Å². The Bertz CT molecular complexity index is 391. The van der Waals surface area contributed by atoms with E-state index in [9.17, 15) is 9.90 Å². The quantitative estimate of drug-likeness (QED) is 0.732. The minimum Gasteiger partial charge on any atom is -0.387 e. The summed E-state index contributed by atoms with van der Waals surface area (Å²) in [5, 5.41) is 13.5. The number of aliphatic hydroxyl groups is 1. The molecule has 2 rings (SSSR count). The molecule has 20 heavy (non-hydrogen) atoms. The summed E-state index contributed by atoms with van der Waals surface area (Å²) >= 11 is 0. The SMILES string of the molecule is CCO[C@@H]1C[C@@](O)(CNC(=O)C[C@H]2C=CCC2)C1(C)C. The first-order chi connectivity index (χ1) is 9.39. The fourth-order valence-electron chi connectivity index (χ4n) is 3.18. The summed E-state index contributed by atoms with van der Waals surface area (Å²) in [5.74, 6) is 0.404. The Morgan fingerprint density at radius 2 is 2.25 bits per heavy atom. The highest BCUT2D eigenvalue weighted by molar-refractivity contribution is 5.76. The summed E-state index contributed by atoms with van der Waals surface area (Å²) in [5.41, 5.74) is -1.17. The van der Waals surface area contributed by atoms with Gasteiger partial charge in [0.25, 0.3) is 0 Å². The van der Waals surface area contributed by atoms with E-state index in [1.54, 1.807) is 0 Å². The fourth-order valence-corrected chi connectivity index (χ4v) is 3.18. The summed E-state index contributed by atoms with van der Waals surface area (Å²) in [6.45, 7) is 6.94. The molecule has 0 aromatic heterocycles. The van der Waals surface area contributed by atoms with E-state index < -0.39 is 5.60 Å². The minimum absolute atomic E-state index is 0.0330. The molecule has 2 aliphatic carbocycles. The van der Waals surface area contributed by atoms with Crippen LogP contribution in [0.25, 0.3) is 0 Å². The average molecular weight is 281 g/mol. The maximum absolute atomic E-state index is 11.9. The Balaban J connectivity index is 1.78. The monoisotopic (exact) mass is 281 g/mol. The molecule has 3 atom stereocenters. The molecule has 2 aliphatic rings. The zero-order valence-corrected chi connectivity index (χ0v) is 12.8. The average Bonchev–Trinajstić information content (AvgIpc) is 2.89. The molecule has 0 saturated heterocycles. The molecule has 0 radical (unpaired) electrons. The molecule has 114 valence electrons. The van der Waals surface area contributed by atoms with Crippen molar-refractivity contribution in [1.82, 2.24) is 5.32 Å². The zero-order valence-electron chi connectivity index (χ0n) is 12.8. The molecular weight excluding hydrogens is 254 g/mol. The predicted octanol–water partition coefficient (Wildman–Crippen LogP) is 2.02. The van der Waals surface area contributed by atoms with Crippen molar-refractivity contribution >= 4 is 5.91 Å². The topological polar surface area (TPSA) is 58.6 Å². The van der Waals surface area contributed by atoms with Gasteiger partial charge in [0.2, 0.25) is 5.91 Å². The number of hydrogen-bond acceptors (Lipinski definition) is 3. The Labute approximate surface area is 121 Å². The van der Waals surface area contributed by atoms with Crippen molar-refractivity contribution in [1.29, 1.82) is 0 Å². The van der Waals surface area contributed by atoms with Gasteiger partial charge in [-0.3, -0.25) is 4.79 Å². The lowest BCUT2D eigenvalue weighted by Gasteiger charge is -2.57. The Kier molecular flexibility index (Phi) is 4.55. The van der Waals surface area contributed by atoms with Gasteiger partial charge in [-0.25, -0.2) is 0 Å². The third-order valence-corrected chi connectivity index (χ3v) is 5.03. The van der Waals surface area contributed by atoms with Gasteiger partial charge >= 0.3 is 0 Å². The second-order valence-electron chi connectivity index (χ2n) is 6.65. The summed E-state index contributed by atoms with van der Waals surface area (Å²) in [7, 11) is 0. The van der Waals surface area contributed by atoms with Crippen LogP contribution < -0.4 is 5.32 Å². The smallest absolute Gasteiger partial charge is 0.220 e. The van der Waals surface area contributed by atoms with Gasteiger partial charge in [-0.2, -0.15) is 0 Å². The summed E-state index contributed by atoms with van der Waals surface area (Å²) in [4.78, 5) is 11.9. The second kappa shape index (κ2) is 5.86. The molecule has 0 heterocycles. The van der Waals surface area contributed by atoms with Gasteiger partial charge in [0.1, 0.15) is 0 Å². The van der Waals surface area contributed by atoms with Crippen LogP contribution in [0.3, 0.4) is 0 Å². The van der Waals surface area contributed by atoms with Crippen molar-refractivity contribution in [3.8, 4) is 0 Å². The molecule has 0 aliphatic heterocycles. The van der Waals surface area contributed by atoms with E-state index in [-0.39, 0.29) is 17.4 Å². The van der Waals surface area contributed by atoms with Crippen LogP contribution in [0.1, 0.15) is 46.5 Å². The Hall–Kier alpha value is -0.870. The second-order valence-corrected chi connectivity index (χ2v) is 6.65. The van der Waals surface area contributed by atoms with E-state index in [0.29, 0.717) is 31.9 Å². The lowest BCUT2D eigenvalue weighted by molar-refractivity contribution is -0.238. The Morgan fingerprint density at radius 1 is 1.50 bits per heavy atom. The zero-order chi connectivity index (χ0) is 14.8. The van der Waals surface area contributed by atoms with Crippen LogP contribution in [0.5, 0.6) is 0 Å². The molecule has 2 N–H and O–H groups in total. The first kappa shape index (κ1) is 15.5. The van der Waals surface area contributed by atoms with Gasteiger partial charge in [-0.05, 0) is 25.7 Å². The normalized spacial score (nSPS) is 34.8. The maximum Gasteiger partial charge on any atom is 0.220 e. The Morgan fingerprint density at radius 3 is 2.80 bits per heavy atom. The molecule has 0 bridgehead atoms. The molecule has 1 fully saturated rings. The van der Waals surface area contributed by atoms with Crippen LogP contribution in [0, 0.1) is 11.3 Å². The molecule has 1 amide bonds. The van der Waals surface area contributed by atoms with Crippen LogP contribution in [0.15, 0.2) is 12.2 Å². The lowest BCUT2D eigenvalue weighted by Crippen LogP contribution is -2.68. The summed E-state index contributed by atoms with van der Waals surface area (Å²) < 4.78 is 5.62. The first-order valence-corrected chi connectivity index (χ1v) is 7.66. The van der Waals surface area contributed by atoms with E-state index in [1.807, 2.05) is 20.8 Å². The van der Waals surface area contributed by atoms with Crippen LogP contribution in [-0.2, 0) is 9.53 Å². The number of ether oxygens (including phenoxy) is 1. The lowest BCUT2D eigenvalue weighted by atomic mass is 9.56. The number of allylic oxidation sites excluding steroid dienone is 2. The minimum atomic E-state index is -0.853. The molecule has 0 aromatic rings. The standard InChI is InChI=1S/C16H27NO3/c1-4-20-13-10-16(19,15(13,2)3)11-17-14(18)9-12-7-5-6-8-12/h5,7,12-13,19H,4,6,8-11H2,1-3H3,(H,17,18)/t12-,13+,16+/m0/s1. The number of hydrogen-bond donors (Lipinski definition) is 2. The van der Waals surface area contributed by atoms with Gasteiger partial charge < -0.3 is 15.2 Å². The van der Waals surface area contributed by atoms with E-state index in [4.69, 9.17) is 4.74 Å². The number of rotatable bonds is 6. The molecule has 4 heteroatoms. The van der Waals surface area contributed by atoms with Crippen LogP contribution in [-0.4, -0.2) is 35.9 Å². The fraction of sp³-hybridized carbons (Fsp3) is 0.812. The first-order valence-electron chi connectivity index (χ1n) is 7.66. The molecule has 0 spiro atoms. The van der Waals surface area contributed by atoms with Crippen molar-refractivity contribution < 1.29 is 14.6 Å². The van der Waals surface area contributed by atoms with Gasteiger partial charge in [-0.1, -0.05) is 26.0 Å². The van der Waals surface area contributed by atoms with Crippen molar-refractivity contribution in [3.63, 3.8) is 0 Å². The molecule has 0 aromatic carbocycles. The number of amides is 1. The predicted molar refractivity (Wildman–Crippen MR) is 78.3 cm³/mol. The molecule has 1 saturated carbocycles. The third-order valence-electron chi connectivity index (χ3n) is 5.03. The highest BCUT2D eigenvalue weighted by atomic mass is 16.5. The van der Waals surface area contributed by atoms with E-state index >= 15 is 0 Å². The van der Waals surface area contributed by atoms with Crippen molar-refractivity contribution in [2.45, 2.75) is 58.2 Å². The largest absolute Gasteiger partial charge is 0.387 e. The van der Waals surface area contributed by atoms with Crippen LogP contribution >= 0.6 is 0 Å². The van der Waals surface area contributed by atoms with Crippen LogP contribution in [0.2, 0.25) is 0 Å². The van der Waals surface area contributed by atoms with Gasteiger partial charge in [0.05, 0.1) is 11.7 Å². The van der Waals surface area contributed by atoms with E-state index in [0.717, 1.165) is 12.8 Å². The maximum atomic E-state index is 11.9. The molecular formula is C16H27NO3. The highest BCUT2D eigenvalue weighted by Gasteiger charge is 2.59. The number of nitrogens with one attached hydrogen (secondary N) is 1. The number of carbonyl (C=O) groups excluding carboxylic acids is 1. The summed E-state index contributed by atoms with van der Waals surface area (Å²) in [6, 6.07) is 0. The van der Waals surface area contributed by atoms with Crippen molar-refractivity contribution in [2.24, 2.45) is 11.3 Å². The number of carbonyl (C=O) groups is 1. The third kappa shape index (κ3) is 2.91.